The van der Waals surface area contributed by atoms with Crippen LogP contribution in [0.15, 0.2) is 66.7 Å². The number of ether oxygens (including phenoxy) is 2. The molecular formula is C27H28F2N2O3. The molecule has 5 nitrogen and oxygen atoms in total. The maximum absolute atomic E-state index is 13.6. The Morgan fingerprint density at radius 1 is 0.912 bits per heavy atom. The molecule has 7 heteroatoms. The predicted octanol–water partition coefficient (Wildman–Crippen LogP) is 5.29. The molecule has 0 radical (unpaired) electrons. The highest BCUT2D eigenvalue weighted by molar-refractivity contribution is 6.06. The Balaban J connectivity index is 1.51. The second-order valence-corrected chi connectivity index (χ2v) is 8.34. The molecule has 3 aromatic carbocycles. The minimum atomic E-state index is -0.397. The van der Waals surface area contributed by atoms with Crippen LogP contribution in [-0.4, -0.2) is 44.2 Å². The molecule has 4 rings (SSSR count). The topological polar surface area (TPSA) is 42.0 Å². The van der Waals surface area contributed by atoms with Gasteiger partial charge in [0.25, 0.3) is 5.91 Å². The third-order valence-corrected chi connectivity index (χ3v) is 6.22. The summed E-state index contributed by atoms with van der Waals surface area (Å²) < 4.78 is 37.8. The lowest BCUT2D eigenvalue weighted by atomic mass is 10.00. The van der Waals surface area contributed by atoms with Crippen LogP contribution >= 0.6 is 0 Å². The molecule has 0 saturated carbocycles. The van der Waals surface area contributed by atoms with Crippen LogP contribution < -0.4 is 14.4 Å². The van der Waals surface area contributed by atoms with E-state index in [4.69, 9.17) is 9.47 Å². The SMILES string of the molecule is COc1ccc(OC)c(CN2CCC(N(C(=O)c3ccc(F)cc3)c3ccc(F)cc3)CC2)c1. The third-order valence-electron chi connectivity index (χ3n) is 6.22. The molecule has 1 aliphatic rings. The number of halogens is 2. The van der Waals surface area contributed by atoms with Gasteiger partial charge in [0.05, 0.1) is 14.2 Å². The molecule has 0 N–H and O–H groups in total. The van der Waals surface area contributed by atoms with E-state index in [9.17, 15) is 13.6 Å². The first kappa shape index (κ1) is 23.7. The Labute approximate surface area is 198 Å². The van der Waals surface area contributed by atoms with Crippen LogP contribution in [0.4, 0.5) is 14.5 Å². The molecule has 0 atom stereocenters. The molecule has 0 unspecified atom stereocenters. The molecule has 1 amide bonds. The number of hydrogen-bond donors (Lipinski definition) is 0. The molecule has 0 aromatic heterocycles. The number of benzene rings is 3. The Hall–Kier alpha value is -3.45. The summed E-state index contributed by atoms with van der Waals surface area (Å²) in [5.74, 6) is 0.603. The molecule has 1 aliphatic heterocycles. The zero-order valence-electron chi connectivity index (χ0n) is 19.3. The number of rotatable bonds is 7. The van der Waals surface area contributed by atoms with E-state index in [1.165, 1.54) is 36.4 Å². The van der Waals surface area contributed by atoms with E-state index in [-0.39, 0.29) is 17.8 Å². The van der Waals surface area contributed by atoms with Gasteiger partial charge in [0.15, 0.2) is 0 Å². The van der Waals surface area contributed by atoms with Crippen LogP contribution in [0.3, 0.4) is 0 Å². The van der Waals surface area contributed by atoms with Gasteiger partial charge in [0.1, 0.15) is 23.1 Å². The summed E-state index contributed by atoms with van der Waals surface area (Å²) in [4.78, 5) is 17.5. The van der Waals surface area contributed by atoms with Crippen molar-refractivity contribution in [3.05, 3.63) is 89.5 Å². The van der Waals surface area contributed by atoms with Crippen LogP contribution in [0.5, 0.6) is 11.5 Å². The number of piperidine rings is 1. The van der Waals surface area contributed by atoms with E-state index >= 15 is 0 Å². The minimum Gasteiger partial charge on any atom is -0.497 e. The van der Waals surface area contributed by atoms with Gasteiger partial charge in [-0.2, -0.15) is 0 Å². The Kier molecular flexibility index (Phi) is 7.43. The highest BCUT2D eigenvalue weighted by atomic mass is 19.1. The highest BCUT2D eigenvalue weighted by Gasteiger charge is 2.30. The predicted molar refractivity (Wildman–Crippen MR) is 127 cm³/mol. The molecule has 3 aromatic rings. The van der Waals surface area contributed by atoms with E-state index in [0.29, 0.717) is 17.8 Å². The Morgan fingerprint density at radius 3 is 2.12 bits per heavy atom. The number of methoxy groups -OCH3 is 2. The second kappa shape index (κ2) is 10.7. The van der Waals surface area contributed by atoms with Crippen LogP contribution in [0.2, 0.25) is 0 Å². The summed E-state index contributed by atoms with van der Waals surface area (Å²) in [5, 5.41) is 0. The van der Waals surface area contributed by atoms with Crippen molar-refractivity contribution in [1.82, 2.24) is 4.90 Å². The minimum absolute atomic E-state index is 0.0635. The Morgan fingerprint density at radius 2 is 1.53 bits per heavy atom. The summed E-state index contributed by atoms with van der Waals surface area (Å²) in [6.07, 6.45) is 1.49. The van der Waals surface area contributed by atoms with Gasteiger partial charge in [-0.3, -0.25) is 9.69 Å². The van der Waals surface area contributed by atoms with Crippen molar-refractivity contribution < 1.29 is 23.0 Å². The lowest BCUT2D eigenvalue weighted by Crippen LogP contribution is -2.47. The highest BCUT2D eigenvalue weighted by Crippen LogP contribution is 2.29. The fourth-order valence-electron chi connectivity index (χ4n) is 4.41. The van der Waals surface area contributed by atoms with Crippen molar-refractivity contribution in [2.45, 2.75) is 25.4 Å². The Bertz CT molecular complexity index is 1110. The average Bonchev–Trinajstić information content (AvgIpc) is 2.86. The van der Waals surface area contributed by atoms with Crippen molar-refractivity contribution in [3.8, 4) is 11.5 Å². The van der Waals surface area contributed by atoms with E-state index in [0.717, 1.165) is 43.0 Å². The molecule has 0 bridgehead atoms. The summed E-state index contributed by atoms with van der Waals surface area (Å²) in [6, 6.07) is 17.1. The fourth-order valence-corrected chi connectivity index (χ4v) is 4.41. The monoisotopic (exact) mass is 466 g/mol. The zero-order chi connectivity index (χ0) is 24.1. The first-order valence-corrected chi connectivity index (χ1v) is 11.3. The van der Waals surface area contributed by atoms with Crippen LogP contribution in [-0.2, 0) is 6.54 Å². The van der Waals surface area contributed by atoms with E-state index in [1.54, 1.807) is 31.3 Å². The van der Waals surface area contributed by atoms with Gasteiger partial charge in [-0.25, -0.2) is 8.78 Å². The molecule has 1 heterocycles. The van der Waals surface area contributed by atoms with Crippen molar-refractivity contribution in [2.75, 3.05) is 32.2 Å². The quantitative estimate of drug-likeness (QED) is 0.474. The molecule has 1 saturated heterocycles. The number of nitrogens with zero attached hydrogens (tertiary/aromatic N) is 2. The normalized spacial score (nSPS) is 14.6. The number of carbonyl (C=O) groups is 1. The van der Waals surface area contributed by atoms with E-state index < -0.39 is 5.82 Å². The lowest BCUT2D eigenvalue weighted by molar-refractivity contribution is 0.0958. The average molecular weight is 467 g/mol. The number of carbonyl (C=O) groups excluding carboxylic acids is 1. The standard InChI is InChI=1S/C27H28F2N2O3/c1-33-25-11-12-26(34-2)20(17-25)18-30-15-13-24(14-16-30)31(23-9-7-22(29)8-10-23)27(32)19-3-5-21(28)6-4-19/h3-12,17,24H,13-16,18H2,1-2H3. The van der Waals surface area contributed by atoms with Crippen LogP contribution in [0.25, 0.3) is 0 Å². The number of amides is 1. The lowest BCUT2D eigenvalue weighted by Gasteiger charge is -2.39. The summed E-state index contributed by atoms with van der Waals surface area (Å²) in [7, 11) is 3.29. The zero-order valence-corrected chi connectivity index (χ0v) is 19.3. The summed E-state index contributed by atoms with van der Waals surface area (Å²) in [5.41, 5.74) is 2.07. The molecule has 178 valence electrons. The summed E-state index contributed by atoms with van der Waals surface area (Å²) in [6.45, 7) is 2.26. The first-order chi connectivity index (χ1) is 16.5. The van der Waals surface area contributed by atoms with Crippen LogP contribution in [0.1, 0.15) is 28.8 Å². The van der Waals surface area contributed by atoms with Crippen molar-refractivity contribution in [1.29, 1.82) is 0 Å². The maximum atomic E-state index is 13.6. The smallest absolute Gasteiger partial charge is 0.258 e. The van der Waals surface area contributed by atoms with E-state index in [2.05, 4.69) is 4.90 Å². The van der Waals surface area contributed by atoms with Crippen molar-refractivity contribution in [2.24, 2.45) is 0 Å². The first-order valence-electron chi connectivity index (χ1n) is 11.3. The van der Waals surface area contributed by atoms with Gasteiger partial charge in [-0.15, -0.1) is 0 Å². The van der Waals surface area contributed by atoms with Crippen molar-refractivity contribution in [3.63, 3.8) is 0 Å². The molecular weight excluding hydrogens is 438 g/mol. The number of hydrogen-bond acceptors (Lipinski definition) is 4. The maximum Gasteiger partial charge on any atom is 0.258 e. The fraction of sp³-hybridized carbons (Fsp3) is 0.296. The van der Waals surface area contributed by atoms with Crippen molar-refractivity contribution >= 4 is 11.6 Å². The largest absolute Gasteiger partial charge is 0.497 e. The molecule has 0 aliphatic carbocycles. The van der Waals surface area contributed by atoms with E-state index in [1.807, 2.05) is 18.2 Å². The number of likely N-dealkylation sites (tertiary alicyclic amines) is 1. The molecule has 0 spiro atoms. The van der Waals surface area contributed by atoms with Gasteiger partial charge in [0.2, 0.25) is 0 Å². The van der Waals surface area contributed by atoms with Gasteiger partial charge in [-0.05, 0) is 79.6 Å². The van der Waals surface area contributed by atoms with Gasteiger partial charge in [-0.1, -0.05) is 0 Å². The van der Waals surface area contributed by atoms with Gasteiger partial charge in [0, 0.05) is 42.5 Å². The second-order valence-electron chi connectivity index (χ2n) is 8.34. The van der Waals surface area contributed by atoms with Gasteiger partial charge >= 0.3 is 0 Å². The third kappa shape index (κ3) is 5.37. The van der Waals surface area contributed by atoms with Crippen LogP contribution in [0, 0.1) is 11.6 Å². The molecule has 1 fully saturated rings. The molecule has 34 heavy (non-hydrogen) atoms. The van der Waals surface area contributed by atoms with Gasteiger partial charge < -0.3 is 14.4 Å². The number of anilines is 1. The summed E-state index contributed by atoms with van der Waals surface area (Å²) >= 11 is 0.